The molecule has 0 radical (unpaired) electrons. The fraction of sp³-hybridized carbons (Fsp3) is 0.529. The highest BCUT2D eigenvalue weighted by molar-refractivity contribution is 5.77. The minimum atomic E-state index is -0.0427. The Hall–Kier alpha value is -2.04. The first-order valence-electron chi connectivity index (χ1n) is 7.86. The Bertz CT molecular complexity index is 608. The topological polar surface area (TPSA) is 61.4 Å². The zero-order valence-electron chi connectivity index (χ0n) is 13.3. The minimum Gasteiger partial charge on any atom is -0.350 e. The van der Waals surface area contributed by atoms with Gasteiger partial charge in [-0.1, -0.05) is 30.7 Å². The molecule has 1 aliphatic carbocycles. The Labute approximate surface area is 131 Å². The molecule has 1 aromatic rings. The molecule has 0 bridgehead atoms. The van der Waals surface area contributed by atoms with Crippen LogP contribution >= 0.6 is 0 Å². The van der Waals surface area contributed by atoms with Crippen LogP contribution in [0.5, 0.6) is 0 Å². The lowest BCUT2D eigenvalue weighted by atomic mass is 10.0. The molecule has 5 heteroatoms. The molecule has 1 saturated heterocycles. The zero-order chi connectivity index (χ0) is 15.9. The van der Waals surface area contributed by atoms with Crippen LogP contribution in [0.1, 0.15) is 36.6 Å². The second-order valence-electron chi connectivity index (χ2n) is 6.61. The van der Waals surface area contributed by atoms with Crippen LogP contribution < -0.4 is 10.6 Å². The van der Waals surface area contributed by atoms with Gasteiger partial charge in [-0.25, -0.2) is 4.79 Å². The van der Waals surface area contributed by atoms with Gasteiger partial charge in [0.15, 0.2) is 0 Å². The number of hydrogen-bond acceptors (Lipinski definition) is 2. The van der Waals surface area contributed by atoms with Gasteiger partial charge < -0.3 is 15.5 Å². The van der Waals surface area contributed by atoms with Gasteiger partial charge in [0.25, 0.3) is 0 Å². The highest BCUT2D eigenvalue weighted by Crippen LogP contribution is 2.36. The minimum absolute atomic E-state index is 0.0344. The number of fused-ring (bicyclic) bond motifs is 1. The van der Waals surface area contributed by atoms with Crippen molar-refractivity contribution in [3.05, 3.63) is 34.9 Å². The average Bonchev–Trinajstić information content (AvgIpc) is 2.69. The highest BCUT2D eigenvalue weighted by Gasteiger charge is 2.35. The predicted molar refractivity (Wildman–Crippen MR) is 84.5 cm³/mol. The van der Waals surface area contributed by atoms with Gasteiger partial charge in [0.1, 0.15) is 0 Å². The number of hydrogen-bond donors (Lipinski definition) is 2. The first kappa shape index (κ1) is 14.9. The lowest BCUT2D eigenvalue weighted by molar-refractivity contribution is -0.120. The first-order valence-corrected chi connectivity index (χ1v) is 7.86. The van der Waals surface area contributed by atoms with Gasteiger partial charge in [0.2, 0.25) is 5.91 Å². The number of benzene rings is 1. The summed E-state index contributed by atoms with van der Waals surface area (Å²) in [5, 5.41) is 5.99. The summed E-state index contributed by atoms with van der Waals surface area (Å²) >= 11 is 0. The van der Waals surface area contributed by atoms with Crippen molar-refractivity contribution in [3.8, 4) is 0 Å². The van der Waals surface area contributed by atoms with E-state index in [4.69, 9.17) is 0 Å². The molecule has 3 amide bonds. The smallest absolute Gasteiger partial charge is 0.318 e. The summed E-state index contributed by atoms with van der Waals surface area (Å²) in [5.74, 6) is 0.368. The molecule has 2 N–H and O–H groups in total. The maximum atomic E-state index is 12.4. The maximum Gasteiger partial charge on any atom is 0.318 e. The van der Waals surface area contributed by atoms with Crippen molar-refractivity contribution in [2.75, 3.05) is 13.1 Å². The van der Waals surface area contributed by atoms with Crippen molar-refractivity contribution < 1.29 is 9.59 Å². The van der Waals surface area contributed by atoms with Gasteiger partial charge in [-0.15, -0.1) is 0 Å². The third kappa shape index (κ3) is 2.80. The molecular formula is C17H23N3O2. The first-order chi connectivity index (χ1) is 10.4. The number of nitrogens with zero attached hydrogens (tertiary/aromatic N) is 1. The fourth-order valence-electron chi connectivity index (χ4n) is 3.43. The number of urea groups is 1. The second kappa shape index (κ2) is 5.63. The van der Waals surface area contributed by atoms with E-state index < -0.39 is 0 Å². The molecule has 0 unspecified atom stereocenters. The maximum absolute atomic E-state index is 12.4. The summed E-state index contributed by atoms with van der Waals surface area (Å²) in [6.45, 7) is 6.94. The van der Waals surface area contributed by atoms with E-state index in [1.54, 1.807) is 4.90 Å². The number of carbonyl (C=O) groups is 2. The molecule has 22 heavy (non-hydrogen) atoms. The van der Waals surface area contributed by atoms with Crippen LogP contribution in [0.25, 0.3) is 0 Å². The van der Waals surface area contributed by atoms with E-state index in [1.165, 1.54) is 23.6 Å². The third-order valence-electron chi connectivity index (χ3n) is 4.60. The summed E-state index contributed by atoms with van der Waals surface area (Å²) in [6, 6.07) is 6.63. The van der Waals surface area contributed by atoms with E-state index >= 15 is 0 Å². The van der Waals surface area contributed by atoms with Crippen LogP contribution in [0.15, 0.2) is 18.2 Å². The molecule has 5 nitrogen and oxygen atoms in total. The Morgan fingerprint density at radius 2 is 1.95 bits per heavy atom. The predicted octanol–water partition coefficient (Wildman–Crippen LogP) is 1.76. The monoisotopic (exact) mass is 301 g/mol. The molecule has 0 saturated carbocycles. The van der Waals surface area contributed by atoms with Crippen molar-refractivity contribution in [2.45, 2.75) is 39.3 Å². The van der Waals surface area contributed by atoms with E-state index in [1.807, 2.05) is 0 Å². The van der Waals surface area contributed by atoms with Crippen LogP contribution in [0.2, 0.25) is 0 Å². The Morgan fingerprint density at radius 3 is 2.64 bits per heavy atom. The van der Waals surface area contributed by atoms with E-state index in [9.17, 15) is 9.59 Å². The van der Waals surface area contributed by atoms with Crippen molar-refractivity contribution in [1.82, 2.24) is 15.5 Å². The summed E-state index contributed by atoms with van der Waals surface area (Å²) in [4.78, 5) is 25.1. The van der Waals surface area contributed by atoms with E-state index in [0.29, 0.717) is 19.0 Å². The van der Waals surface area contributed by atoms with Gasteiger partial charge in [0, 0.05) is 20.0 Å². The molecule has 1 aliphatic heterocycles. The van der Waals surface area contributed by atoms with Crippen molar-refractivity contribution >= 4 is 11.9 Å². The van der Waals surface area contributed by atoms with Gasteiger partial charge in [-0.2, -0.15) is 0 Å². The van der Waals surface area contributed by atoms with Gasteiger partial charge in [0.05, 0.1) is 12.1 Å². The second-order valence-corrected chi connectivity index (χ2v) is 6.61. The summed E-state index contributed by atoms with van der Waals surface area (Å²) in [7, 11) is 0. The molecule has 2 atom stereocenters. The van der Waals surface area contributed by atoms with E-state index in [2.05, 4.69) is 42.7 Å². The van der Waals surface area contributed by atoms with E-state index in [0.717, 1.165) is 6.42 Å². The van der Waals surface area contributed by atoms with Crippen LogP contribution in [-0.2, 0) is 11.2 Å². The van der Waals surface area contributed by atoms with Crippen molar-refractivity contribution in [1.29, 1.82) is 0 Å². The van der Waals surface area contributed by atoms with Gasteiger partial charge in [-0.05, 0) is 30.4 Å². The number of likely N-dealkylation sites (tertiary alicyclic amines) is 1. The average molecular weight is 301 g/mol. The molecule has 1 heterocycles. The SMILES string of the molecule is CC(=O)NC1CN(C(=O)N[C@H]2c3cc(C)ccc3C[C@H]2C)C1. The number of amides is 3. The Kier molecular flexibility index (Phi) is 3.81. The lowest BCUT2D eigenvalue weighted by Gasteiger charge is -2.40. The van der Waals surface area contributed by atoms with Gasteiger partial charge in [-0.3, -0.25) is 4.79 Å². The number of nitrogens with one attached hydrogen (secondary N) is 2. The largest absolute Gasteiger partial charge is 0.350 e. The van der Waals surface area contributed by atoms with Crippen LogP contribution in [-0.4, -0.2) is 36.0 Å². The normalized spacial score (nSPS) is 23.7. The fourth-order valence-corrected chi connectivity index (χ4v) is 3.43. The van der Waals surface area contributed by atoms with Gasteiger partial charge >= 0.3 is 6.03 Å². The van der Waals surface area contributed by atoms with Crippen LogP contribution in [0, 0.1) is 12.8 Å². The number of rotatable bonds is 2. The summed E-state index contributed by atoms with van der Waals surface area (Å²) < 4.78 is 0. The molecule has 1 fully saturated rings. The third-order valence-corrected chi connectivity index (χ3v) is 4.60. The molecule has 0 aromatic heterocycles. The molecular weight excluding hydrogens is 278 g/mol. The molecule has 3 rings (SSSR count). The lowest BCUT2D eigenvalue weighted by Crippen LogP contribution is -2.62. The number of carbonyl (C=O) groups excluding carboxylic acids is 2. The quantitative estimate of drug-likeness (QED) is 0.874. The Balaban J connectivity index is 1.61. The Morgan fingerprint density at radius 1 is 1.23 bits per heavy atom. The highest BCUT2D eigenvalue weighted by atomic mass is 16.2. The molecule has 0 spiro atoms. The molecule has 2 aliphatic rings. The standard InChI is InChI=1S/C17H23N3O2/c1-10-4-5-13-7-11(2)16(15(13)6-10)19-17(22)20-8-14(9-20)18-12(3)21/h4-6,11,14,16H,7-9H2,1-3H3,(H,18,21)(H,19,22)/t11-,16-/m1/s1. The van der Waals surface area contributed by atoms with E-state index in [-0.39, 0.29) is 24.0 Å². The summed E-state index contributed by atoms with van der Waals surface area (Å²) in [5.41, 5.74) is 3.81. The molecule has 1 aromatic carbocycles. The van der Waals surface area contributed by atoms with Crippen molar-refractivity contribution in [3.63, 3.8) is 0 Å². The number of aryl methyl sites for hydroxylation is 1. The van der Waals surface area contributed by atoms with Crippen molar-refractivity contribution in [2.24, 2.45) is 5.92 Å². The zero-order valence-corrected chi connectivity index (χ0v) is 13.3. The summed E-state index contributed by atoms with van der Waals surface area (Å²) in [6.07, 6.45) is 1.01. The van der Waals surface area contributed by atoms with Crippen LogP contribution in [0.3, 0.4) is 0 Å². The molecule has 118 valence electrons. The van der Waals surface area contributed by atoms with Crippen LogP contribution in [0.4, 0.5) is 4.79 Å².